The van der Waals surface area contributed by atoms with Gasteiger partial charge in [-0.3, -0.25) is 10.00 Å². The van der Waals surface area contributed by atoms with Crippen molar-refractivity contribution in [2.24, 2.45) is 5.92 Å². The van der Waals surface area contributed by atoms with Crippen molar-refractivity contribution in [1.82, 2.24) is 15.1 Å². The molecule has 0 bridgehead atoms. The lowest BCUT2D eigenvalue weighted by Gasteiger charge is -2.18. The Morgan fingerprint density at radius 3 is 2.92 bits per heavy atom. The zero-order chi connectivity index (χ0) is 18.7. The molecule has 7 nitrogen and oxygen atoms in total. The van der Waals surface area contributed by atoms with E-state index in [1.54, 1.807) is 18.2 Å². The Kier molecular flexibility index (Phi) is 5.80. The van der Waals surface area contributed by atoms with Gasteiger partial charge in [-0.15, -0.1) is 0 Å². The number of aliphatic carboxylic acids is 1. The molecule has 1 aliphatic rings. The van der Waals surface area contributed by atoms with Gasteiger partial charge in [0, 0.05) is 41.8 Å². The number of aromatic amines is 1. The maximum atomic E-state index is 10.8. The van der Waals surface area contributed by atoms with Crippen LogP contribution in [0.2, 0.25) is 5.02 Å². The molecule has 2 aromatic rings. The molecule has 0 aliphatic carbocycles. The summed E-state index contributed by atoms with van der Waals surface area (Å²) < 4.78 is 5.35. The molecule has 0 saturated carbocycles. The fourth-order valence-corrected chi connectivity index (χ4v) is 3.51. The van der Waals surface area contributed by atoms with Crippen LogP contribution in [0.5, 0.6) is 5.75 Å². The van der Waals surface area contributed by atoms with E-state index in [2.05, 4.69) is 15.1 Å². The molecular weight excluding hydrogens is 358 g/mol. The summed E-state index contributed by atoms with van der Waals surface area (Å²) in [5, 5.41) is 26.9. The number of carboxylic acids is 1. The smallest absolute Gasteiger partial charge is 0.341 e. The number of H-pyrrole nitrogens is 1. The lowest BCUT2D eigenvalue weighted by atomic mass is 10.0. The summed E-state index contributed by atoms with van der Waals surface area (Å²) in [6, 6.07) is 7.11. The number of nitrogens with zero attached hydrogens (tertiary/aromatic N) is 2. The van der Waals surface area contributed by atoms with Crippen LogP contribution in [0, 0.1) is 12.8 Å². The summed E-state index contributed by atoms with van der Waals surface area (Å²) in [5.41, 5.74) is 2.76. The number of aliphatic hydroxyl groups is 1. The van der Waals surface area contributed by atoms with Crippen molar-refractivity contribution in [3.8, 4) is 5.75 Å². The number of carboxylic acid groups (broad SMARTS) is 1. The van der Waals surface area contributed by atoms with Gasteiger partial charge in [-0.1, -0.05) is 11.6 Å². The van der Waals surface area contributed by atoms with E-state index in [1.165, 1.54) is 0 Å². The van der Waals surface area contributed by atoms with E-state index >= 15 is 0 Å². The van der Waals surface area contributed by atoms with Gasteiger partial charge in [0.1, 0.15) is 5.75 Å². The molecule has 3 N–H and O–H groups in total. The van der Waals surface area contributed by atoms with E-state index in [9.17, 15) is 9.90 Å². The number of carbonyl (C=O) groups is 1. The summed E-state index contributed by atoms with van der Waals surface area (Å²) in [5.74, 6) is -0.435. The molecule has 140 valence electrons. The molecule has 1 aromatic heterocycles. The first-order chi connectivity index (χ1) is 12.4. The maximum absolute atomic E-state index is 10.8. The van der Waals surface area contributed by atoms with Crippen molar-refractivity contribution in [1.29, 1.82) is 0 Å². The van der Waals surface area contributed by atoms with E-state index < -0.39 is 18.7 Å². The van der Waals surface area contributed by atoms with Crippen molar-refractivity contribution >= 4 is 17.6 Å². The second-order valence-electron chi connectivity index (χ2n) is 6.70. The van der Waals surface area contributed by atoms with Crippen molar-refractivity contribution in [3.05, 3.63) is 46.2 Å². The molecule has 1 saturated heterocycles. The largest absolute Gasteiger partial charge is 0.482 e. The highest BCUT2D eigenvalue weighted by Crippen LogP contribution is 2.28. The molecule has 3 rings (SSSR count). The minimum absolute atomic E-state index is 0.0975. The number of aryl methyl sites for hydroxylation is 1. The van der Waals surface area contributed by atoms with E-state index in [-0.39, 0.29) is 5.92 Å². The zero-order valence-electron chi connectivity index (χ0n) is 14.5. The van der Waals surface area contributed by atoms with Crippen LogP contribution in [-0.4, -0.2) is 57.1 Å². The minimum Gasteiger partial charge on any atom is -0.482 e. The van der Waals surface area contributed by atoms with Crippen LogP contribution in [0.3, 0.4) is 0 Å². The van der Waals surface area contributed by atoms with Crippen molar-refractivity contribution < 1.29 is 19.7 Å². The van der Waals surface area contributed by atoms with Gasteiger partial charge in [0.25, 0.3) is 0 Å². The van der Waals surface area contributed by atoms with E-state index in [4.69, 9.17) is 21.4 Å². The van der Waals surface area contributed by atoms with Crippen LogP contribution in [0.15, 0.2) is 24.3 Å². The molecule has 1 aliphatic heterocycles. The standard InChI is InChI=1S/C18H22ClN3O4/c1-11-4-15(21-20-11)6-12-7-22(9-16(12)23)8-13-5-14(19)2-3-17(13)26-10-18(24)25/h2-5,12,16,23H,6-10H2,1H3,(H,20,21)(H,24,25)/t12-,16+/m1/s1. The summed E-state index contributed by atoms with van der Waals surface area (Å²) in [7, 11) is 0. The second kappa shape index (κ2) is 8.07. The zero-order valence-corrected chi connectivity index (χ0v) is 15.2. The third kappa shape index (κ3) is 4.75. The summed E-state index contributed by atoms with van der Waals surface area (Å²) in [4.78, 5) is 12.9. The maximum Gasteiger partial charge on any atom is 0.341 e. The van der Waals surface area contributed by atoms with Gasteiger partial charge >= 0.3 is 5.97 Å². The number of ether oxygens (including phenoxy) is 1. The quantitative estimate of drug-likeness (QED) is 0.679. The summed E-state index contributed by atoms with van der Waals surface area (Å²) in [6.07, 6.45) is 0.273. The van der Waals surface area contributed by atoms with Gasteiger partial charge in [-0.25, -0.2) is 4.79 Å². The highest BCUT2D eigenvalue weighted by atomic mass is 35.5. The number of aromatic nitrogens is 2. The molecule has 2 atom stereocenters. The molecule has 0 unspecified atom stereocenters. The molecule has 1 aromatic carbocycles. The predicted octanol–water partition coefficient (Wildman–Crippen LogP) is 1.87. The Labute approximate surface area is 156 Å². The average Bonchev–Trinajstić information content (AvgIpc) is 3.12. The molecule has 26 heavy (non-hydrogen) atoms. The monoisotopic (exact) mass is 379 g/mol. The third-order valence-corrected chi connectivity index (χ3v) is 4.72. The number of hydrogen-bond donors (Lipinski definition) is 3. The minimum atomic E-state index is -1.03. The van der Waals surface area contributed by atoms with Crippen LogP contribution in [0.4, 0.5) is 0 Å². The number of likely N-dealkylation sites (tertiary alicyclic amines) is 1. The number of rotatable bonds is 7. The van der Waals surface area contributed by atoms with Crippen LogP contribution in [0.1, 0.15) is 17.0 Å². The van der Waals surface area contributed by atoms with Gasteiger partial charge in [0.05, 0.1) is 11.8 Å². The van der Waals surface area contributed by atoms with Gasteiger partial charge in [-0.2, -0.15) is 5.10 Å². The van der Waals surface area contributed by atoms with Crippen LogP contribution < -0.4 is 4.74 Å². The number of nitrogens with one attached hydrogen (secondary N) is 1. The van der Waals surface area contributed by atoms with Crippen LogP contribution in [-0.2, 0) is 17.8 Å². The molecule has 8 heteroatoms. The Bertz CT molecular complexity index is 780. The summed E-state index contributed by atoms with van der Waals surface area (Å²) in [6.45, 7) is 3.34. The van der Waals surface area contributed by atoms with E-state index in [0.717, 1.165) is 23.5 Å². The SMILES string of the molecule is Cc1cc(C[C@@H]2CN(Cc3cc(Cl)ccc3OCC(=O)O)C[C@@H]2O)n[nH]1. The van der Waals surface area contributed by atoms with Gasteiger partial charge in [0.15, 0.2) is 6.61 Å². The molecule has 0 spiro atoms. The van der Waals surface area contributed by atoms with Crippen LogP contribution >= 0.6 is 11.6 Å². The number of hydrogen-bond acceptors (Lipinski definition) is 5. The molecular formula is C18H22ClN3O4. The van der Waals surface area contributed by atoms with Crippen LogP contribution in [0.25, 0.3) is 0 Å². The number of β-amino-alcohol motifs (C(OH)–C–C–N with tert-alkyl or cyclic N) is 1. The highest BCUT2D eigenvalue weighted by molar-refractivity contribution is 6.30. The lowest BCUT2D eigenvalue weighted by Crippen LogP contribution is -2.22. The van der Waals surface area contributed by atoms with Crippen molar-refractivity contribution in [2.45, 2.75) is 26.0 Å². The number of halogens is 1. The predicted molar refractivity (Wildman–Crippen MR) is 96.4 cm³/mol. The third-order valence-electron chi connectivity index (χ3n) is 4.48. The van der Waals surface area contributed by atoms with Gasteiger partial charge < -0.3 is 14.9 Å². The Hall–Kier alpha value is -2.09. The molecule has 1 fully saturated rings. The fourth-order valence-electron chi connectivity index (χ4n) is 3.31. The molecule has 0 amide bonds. The van der Waals surface area contributed by atoms with E-state index in [0.29, 0.717) is 30.3 Å². The first-order valence-corrected chi connectivity index (χ1v) is 8.83. The average molecular weight is 380 g/mol. The lowest BCUT2D eigenvalue weighted by molar-refractivity contribution is -0.139. The second-order valence-corrected chi connectivity index (χ2v) is 7.14. The van der Waals surface area contributed by atoms with Gasteiger partial charge in [-0.05, 0) is 37.6 Å². The topological polar surface area (TPSA) is 98.7 Å². The highest BCUT2D eigenvalue weighted by Gasteiger charge is 2.32. The molecule has 0 radical (unpaired) electrons. The number of benzene rings is 1. The normalized spacial score (nSPS) is 20.4. The molecule has 2 heterocycles. The Balaban J connectivity index is 1.65. The Morgan fingerprint density at radius 1 is 1.42 bits per heavy atom. The van der Waals surface area contributed by atoms with Gasteiger partial charge in [0.2, 0.25) is 0 Å². The van der Waals surface area contributed by atoms with Crippen molar-refractivity contribution in [2.75, 3.05) is 19.7 Å². The Morgan fingerprint density at radius 2 is 2.23 bits per heavy atom. The number of aliphatic hydroxyl groups excluding tert-OH is 1. The van der Waals surface area contributed by atoms with Crippen molar-refractivity contribution in [3.63, 3.8) is 0 Å². The first kappa shape index (κ1) is 18.7. The fraction of sp³-hybridized carbons (Fsp3) is 0.444. The summed E-state index contributed by atoms with van der Waals surface area (Å²) >= 11 is 6.08. The first-order valence-electron chi connectivity index (χ1n) is 8.45. The van der Waals surface area contributed by atoms with E-state index in [1.807, 2.05) is 13.0 Å².